The van der Waals surface area contributed by atoms with E-state index in [0.717, 1.165) is 31.2 Å². The molecule has 1 rings (SSSR count). The van der Waals surface area contributed by atoms with Crippen LogP contribution in [-0.4, -0.2) is 31.5 Å². The lowest BCUT2D eigenvalue weighted by Crippen LogP contribution is -2.36. The van der Waals surface area contributed by atoms with E-state index in [-0.39, 0.29) is 22.9 Å². The van der Waals surface area contributed by atoms with Crippen LogP contribution in [0.2, 0.25) is 0 Å². The van der Waals surface area contributed by atoms with E-state index >= 15 is 0 Å². The van der Waals surface area contributed by atoms with E-state index in [1.807, 2.05) is 0 Å². The molecule has 194 valence electrons. The number of benzene rings is 1. The molecule has 0 heterocycles. The zero-order valence-corrected chi connectivity index (χ0v) is 23.8. The molecule has 0 amide bonds. The maximum atomic E-state index is 11.7. The van der Waals surface area contributed by atoms with Crippen molar-refractivity contribution < 1.29 is 24.9 Å². The molecule has 0 saturated carbocycles. The molecule has 0 saturated heterocycles. The third-order valence-electron chi connectivity index (χ3n) is 6.47. The number of aliphatic hydroxyl groups excluding tert-OH is 2. The number of aliphatic hydroxyl groups is 2. The first-order valence-corrected chi connectivity index (χ1v) is 13.3. The van der Waals surface area contributed by atoms with Crippen molar-refractivity contribution in [2.75, 3.05) is 6.61 Å². The highest BCUT2D eigenvalue weighted by Gasteiger charge is 2.41. The Morgan fingerprint density at radius 3 is 1.55 bits per heavy atom. The van der Waals surface area contributed by atoms with Gasteiger partial charge in [-0.15, -0.1) is 0 Å². The van der Waals surface area contributed by atoms with Gasteiger partial charge in [-0.1, -0.05) is 101 Å². The van der Waals surface area contributed by atoms with Gasteiger partial charge in [-0.25, -0.2) is 0 Å². The van der Waals surface area contributed by atoms with Crippen LogP contribution in [0.3, 0.4) is 0 Å². The van der Waals surface area contributed by atoms with Crippen LogP contribution in [0.4, 0.5) is 0 Å². The lowest BCUT2D eigenvalue weighted by Gasteiger charge is -2.42. The van der Waals surface area contributed by atoms with Gasteiger partial charge in [0, 0.05) is 5.41 Å². The second-order valence-electron chi connectivity index (χ2n) is 12.4. The maximum absolute atomic E-state index is 11.7. The minimum Gasteiger partial charge on any atom is -0.396 e. The van der Waals surface area contributed by atoms with Gasteiger partial charge in [0.25, 0.3) is 0 Å². The smallest absolute Gasteiger partial charge is 0.324 e. The lowest BCUT2D eigenvalue weighted by atomic mass is 9.64. The Morgan fingerprint density at radius 2 is 1.24 bits per heavy atom. The first-order chi connectivity index (χ1) is 14.8. The van der Waals surface area contributed by atoms with Gasteiger partial charge in [0.1, 0.15) is 0 Å². The molecule has 1 aromatic carbocycles. The van der Waals surface area contributed by atoms with Crippen molar-refractivity contribution in [3.63, 3.8) is 0 Å². The summed E-state index contributed by atoms with van der Waals surface area (Å²) in [7, 11) is -2.62. The van der Waals surface area contributed by atoms with E-state index in [1.54, 1.807) is 0 Å². The van der Waals surface area contributed by atoms with Crippen LogP contribution >= 0.6 is 8.60 Å². The van der Waals surface area contributed by atoms with Crippen LogP contribution in [-0.2, 0) is 16.2 Å². The molecule has 0 aliphatic heterocycles. The second kappa shape index (κ2) is 12.4. The van der Waals surface area contributed by atoms with Crippen LogP contribution in [0.15, 0.2) is 12.1 Å². The highest BCUT2D eigenvalue weighted by atomic mass is 31.2. The SMILES string of the molecule is CCCCC(CC)(CO)C(O)c1ccc(C(C)(C)C)c(C(C)(C)C)c1C(C)(C)C.OP(O)O. The first-order valence-electron chi connectivity index (χ1n) is 12.1. The molecule has 2 atom stereocenters. The summed E-state index contributed by atoms with van der Waals surface area (Å²) >= 11 is 0. The highest BCUT2D eigenvalue weighted by molar-refractivity contribution is 7.38. The third kappa shape index (κ3) is 8.87. The molecule has 0 aliphatic rings. The van der Waals surface area contributed by atoms with Crippen molar-refractivity contribution in [1.29, 1.82) is 0 Å². The van der Waals surface area contributed by atoms with Gasteiger partial charge >= 0.3 is 8.60 Å². The molecule has 2 unspecified atom stereocenters. The van der Waals surface area contributed by atoms with Crippen molar-refractivity contribution in [3.05, 3.63) is 34.4 Å². The Balaban J connectivity index is 0.00000235. The Kier molecular flexibility index (Phi) is 12.2. The molecule has 33 heavy (non-hydrogen) atoms. The van der Waals surface area contributed by atoms with E-state index in [2.05, 4.69) is 88.3 Å². The zero-order chi connectivity index (χ0) is 26.4. The largest absolute Gasteiger partial charge is 0.396 e. The van der Waals surface area contributed by atoms with Gasteiger partial charge in [-0.05, 0) is 51.3 Å². The Bertz CT molecular complexity index is 717. The van der Waals surface area contributed by atoms with Crippen LogP contribution < -0.4 is 0 Å². The van der Waals surface area contributed by atoms with E-state index in [9.17, 15) is 10.2 Å². The van der Waals surface area contributed by atoms with Crippen LogP contribution in [0.1, 0.15) is 130 Å². The summed E-state index contributed by atoms with van der Waals surface area (Å²) in [6.07, 6.45) is 3.01. The highest BCUT2D eigenvalue weighted by Crippen LogP contribution is 2.48. The summed E-state index contributed by atoms with van der Waals surface area (Å²) in [6, 6.07) is 4.37. The van der Waals surface area contributed by atoms with Crippen LogP contribution in [0, 0.1) is 5.41 Å². The fraction of sp³-hybridized carbons (Fsp3) is 0.778. The second-order valence-corrected chi connectivity index (χ2v) is 12.9. The van der Waals surface area contributed by atoms with Crippen molar-refractivity contribution in [3.8, 4) is 0 Å². The summed E-state index contributed by atoms with van der Waals surface area (Å²) in [4.78, 5) is 21.7. The molecule has 0 aromatic heterocycles. The van der Waals surface area contributed by atoms with Gasteiger partial charge in [0.05, 0.1) is 12.7 Å². The van der Waals surface area contributed by atoms with E-state index in [4.69, 9.17) is 14.7 Å². The lowest BCUT2D eigenvalue weighted by molar-refractivity contribution is -0.0312. The van der Waals surface area contributed by atoms with E-state index < -0.39 is 20.1 Å². The minimum atomic E-state index is -2.62. The quantitative estimate of drug-likeness (QED) is 0.288. The molecule has 6 heteroatoms. The van der Waals surface area contributed by atoms with Gasteiger partial charge in [-0.3, -0.25) is 0 Å². The van der Waals surface area contributed by atoms with Crippen molar-refractivity contribution in [2.45, 2.75) is 124 Å². The maximum Gasteiger partial charge on any atom is 0.324 e. The van der Waals surface area contributed by atoms with E-state index in [0.29, 0.717) is 0 Å². The van der Waals surface area contributed by atoms with Gasteiger partial charge < -0.3 is 24.9 Å². The monoisotopic (exact) mass is 486 g/mol. The Morgan fingerprint density at radius 1 is 0.788 bits per heavy atom. The molecule has 5 N–H and O–H groups in total. The van der Waals surface area contributed by atoms with Crippen molar-refractivity contribution in [2.24, 2.45) is 5.41 Å². The number of hydrogen-bond donors (Lipinski definition) is 5. The molecule has 0 aliphatic carbocycles. The third-order valence-corrected chi connectivity index (χ3v) is 6.47. The average Bonchev–Trinajstić information content (AvgIpc) is 2.65. The molecular formula is C27H51O5P. The molecule has 1 aromatic rings. The fourth-order valence-corrected chi connectivity index (χ4v) is 4.70. The number of unbranched alkanes of at least 4 members (excludes halogenated alkanes) is 1. The van der Waals surface area contributed by atoms with E-state index in [1.165, 1.54) is 16.7 Å². The summed E-state index contributed by atoms with van der Waals surface area (Å²) < 4.78 is 0. The fourth-order valence-electron chi connectivity index (χ4n) is 4.70. The minimum absolute atomic E-state index is 0.0140. The summed E-state index contributed by atoms with van der Waals surface area (Å²) in [5.74, 6) is 0. The van der Waals surface area contributed by atoms with Crippen LogP contribution in [0.5, 0.6) is 0 Å². The molecule has 0 bridgehead atoms. The predicted octanol–water partition coefficient (Wildman–Crippen LogP) is 6.38. The number of hydrogen-bond acceptors (Lipinski definition) is 5. The van der Waals surface area contributed by atoms with Gasteiger partial charge in [0.15, 0.2) is 0 Å². The molecule has 5 nitrogen and oxygen atoms in total. The normalized spacial score (nSPS) is 15.7. The summed E-state index contributed by atoms with van der Waals surface area (Å²) in [6.45, 7) is 24.7. The first kappa shape index (κ1) is 32.5. The molecule has 0 fully saturated rings. The predicted molar refractivity (Wildman–Crippen MR) is 140 cm³/mol. The standard InChI is InChI=1S/C27H48O2.H3O3P/c1-12-14-17-27(13-2,18-28)23(29)19-15-16-20(24(3,4)5)22(26(9,10)11)21(19)25(6,7)8;1-4(2)3/h15-16,23,28-29H,12-14,17-18H2,1-11H3;1-3H. The molecular weight excluding hydrogens is 435 g/mol. The summed E-state index contributed by atoms with van der Waals surface area (Å²) in [5.41, 5.74) is 4.34. The average molecular weight is 487 g/mol. The summed E-state index contributed by atoms with van der Waals surface area (Å²) in [5, 5.41) is 22.1. The van der Waals surface area contributed by atoms with Crippen molar-refractivity contribution in [1.82, 2.24) is 0 Å². The van der Waals surface area contributed by atoms with Crippen LogP contribution in [0.25, 0.3) is 0 Å². The molecule has 0 spiro atoms. The van der Waals surface area contributed by atoms with Gasteiger partial charge in [0.2, 0.25) is 0 Å². The Labute approximate surface area is 204 Å². The van der Waals surface area contributed by atoms with Gasteiger partial charge in [-0.2, -0.15) is 0 Å². The molecule has 0 radical (unpaired) electrons. The topological polar surface area (TPSA) is 101 Å². The Hall–Kier alpha value is -0.550. The van der Waals surface area contributed by atoms with Crippen molar-refractivity contribution >= 4 is 8.60 Å². The number of rotatable bonds is 7. The zero-order valence-electron chi connectivity index (χ0n) is 23.0.